The van der Waals surface area contributed by atoms with Crippen molar-refractivity contribution < 1.29 is 18.7 Å². The van der Waals surface area contributed by atoms with Crippen molar-refractivity contribution in [2.45, 2.75) is 25.9 Å². The van der Waals surface area contributed by atoms with Crippen LogP contribution in [-0.2, 0) is 7.05 Å². The first kappa shape index (κ1) is 29.8. The van der Waals surface area contributed by atoms with Crippen molar-refractivity contribution in [1.29, 1.82) is 0 Å². The second kappa shape index (κ2) is 12.3. The first-order chi connectivity index (χ1) is 20.6. The largest absolute Gasteiger partial charge is 0.494 e. The Balaban J connectivity index is 1.39. The number of aromatic nitrogens is 6. The Labute approximate surface area is 250 Å². The Hall–Kier alpha value is -4.65. The number of para-hydroxylation sites is 1. The third kappa shape index (κ3) is 6.41. The van der Waals surface area contributed by atoms with E-state index in [1.54, 1.807) is 55.6 Å². The summed E-state index contributed by atoms with van der Waals surface area (Å²) in [7, 11) is 7.10. The van der Waals surface area contributed by atoms with Crippen LogP contribution in [0.1, 0.15) is 30.6 Å². The fourth-order valence-electron chi connectivity index (χ4n) is 5.07. The van der Waals surface area contributed by atoms with Crippen molar-refractivity contribution >= 4 is 28.8 Å². The SMILES string of the molecule is CCC(=O)c1cnc(N(C)c2cnc(OCCN3CC(C)(F)C3)cn2)cc1N(C)c1cccc(-c2ncn(C)n2)c1OC. The molecular formula is C30H36FN9O3. The molecule has 3 aromatic heterocycles. The maximum atomic E-state index is 13.7. The molecule has 4 aromatic rings. The average molecular weight is 590 g/mol. The molecule has 0 bridgehead atoms. The van der Waals surface area contributed by atoms with Gasteiger partial charge in [-0.25, -0.2) is 24.3 Å². The van der Waals surface area contributed by atoms with Gasteiger partial charge in [0.15, 0.2) is 23.2 Å². The third-order valence-corrected chi connectivity index (χ3v) is 7.32. The lowest BCUT2D eigenvalue weighted by molar-refractivity contribution is -0.0231. The first-order valence-electron chi connectivity index (χ1n) is 14.0. The normalized spacial score (nSPS) is 14.2. The van der Waals surface area contributed by atoms with E-state index in [1.165, 1.54) is 0 Å². The summed E-state index contributed by atoms with van der Waals surface area (Å²) >= 11 is 0. The van der Waals surface area contributed by atoms with Gasteiger partial charge in [0.25, 0.3) is 0 Å². The Morgan fingerprint density at radius 2 is 1.81 bits per heavy atom. The van der Waals surface area contributed by atoms with Gasteiger partial charge in [0.2, 0.25) is 5.88 Å². The summed E-state index contributed by atoms with van der Waals surface area (Å²) in [6, 6.07) is 7.55. The highest BCUT2D eigenvalue weighted by molar-refractivity contribution is 6.02. The minimum Gasteiger partial charge on any atom is -0.494 e. The molecular weight excluding hydrogens is 553 g/mol. The second-order valence-corrected chi connectivity index (χ2v) is 10.7. The van der Waals surface area contributed by atoms with E-state index in [2.05, 4.69) is 25.0 Å². The van der Waals surface area contributed by atoms with Crippen molar-refractivity contribution in [2.24, 2.45) is 7.05 Å². The number of ether oxygens (including phenoxy) is 2. The minimum atomic E-state index is -1.11. The smallest absolute Gasteiger partial charge is 0.232 e. The van der Waals surface area contributed by atoms with Crippen LogP contribution in [0, 0.1) is 0 Å². The summed E-state index contributed by atoms with van der Waals surface area (Å²) in [5.41, 5.74) is 1.48. The van der Waals surface area contributed by atoms with Crippen LogP contribution < -0.4 is 19.3 Å². The molecule has 5 rings (SSSR count). The van der Waals surface area contributed by atoms with E-state index in [1.807, 2.05) is 55.1 Å². The van der Waals surface area contributed by atoms with Crippen LogP contribution in [0.25, 0.3) is 11.4 Å². The number of rotatable bonds is 12. The Morgan fingerprint density at radius 3 is 2.44 bits per heavy atom. The molecule has 0 N–H and O–H groups in total. The number of carbonyl (C=O) groups is 1. The number of likely N-dealkylation sites (tertiary alicyclic amines) is 1. The van der Waals surface area contributed by atoms with Gasteiger partial charge >= 0.3 is 0 Å². The number of methoxy groups -OCH3 is 1. The van der Waals surface area contributed by atoms with E-state index in [-0.39, 0.29) is 5.78 Å². The molecule has 0 aliphatic carbocycles. The molecule has 0 unspecified atom stereocenters. The number of hydrogen-bond donors (Lipinski definition) is 0. The number of nitrogens with zero attached hydrogens (tertiary/aromatic N) is 9. The van der Waals surface area contributed by atoms with E-state index in [4.69, 9.17) is 9.47 Å². The Bertz CT molecular complexity index is 1580. The lowest BCUT2D eigenvalue weighted by Crippen LogP contribution is -2.57. The van der Waals surface area contributed by atoms with E-state index >= 15 is 0 Å². The van der Waals surface area contributed by atoms with Gasteiger partial charge in [0.05, 0.1) is 42.0 Å². The maximum absolute atomic E-state index is 13.7. The van der Waals surface area contributed by atoms with Crippen LogP contribution in [0.3, 0.4) is 0 Å². The van der Waals surface area contributed by atoms with Gasteiger partial charge in [0.1, 0.15) is 24.4 Å². The summed E-state index contributed by atoms with van der Waals surface area (Å²) in [4.78, 5) is 36.5. The third-order valence-electron chi connectivity index (χ3n) is 7.32. The van der Waals surface area contributed by atoms with Crippen molar-refractivity contribution in [3.8, 4) is 23.0 Å². The van der Waals surface area contributed by atoms with Crippen molar-refractivity contribution in [3.05, 3.63) is 54.7 Å². The van der Waals surface area contributed by atoms with Crippen LogP contribution >= 0.6 is 0 Å². The van der Waals surface area contributed by atoms with Gasteiger partial charge in [-0.05, 0) is 19.1 Å². The molecule has 226 valence electrons. The molecule has 0 spiro atoms. The molecule has 0 atom stereocenters. The van der Waals surface area contributed by atoms with Crippen molar-refractivity contribution in [1.82, 2.24) is 34.6 Å². The Kier molecular flexibility index (Phi) is 8.53. The summed E-state index contributed by atoms with van der Waals surface area (Å²) in [5.74, 6) is 2.55. The highest BCUT2D eigenvalue weighted by Gasteiger charge is 2.38. The zero-order valence-electron chi connectivity index (χ0n) is 25.3. The second-order valence-electron chi connectivity index (χ2n) is 10.7. The van der Waals surface area contributed by atoms with E-state index in [0.717, 1.165) is 11.3 Å². The maximum Gasteiger partial charge on any atom is 0.232 e. The minimum absolute atomic E-state index is 0.0410. The summed E-state index contributed by atoms with van der Waals surface area (Å²) in [6.07, 6.45) is 6.68. The van der Waals surface area contributed by atoms with E-state index < -0.39 is 5.67 Å². The molecule has 1 aromatic carbocycles. The van der Waals surface area contributed by atoms with Crippen LogP contribution in [-0.4, -0.2) is 93.5 Å². The highest BCUT2D eigenvalue weighted by atomic mass is 19.1. The molecule has 1 fully saturated rings. The summed E-state index contributed by atoms with van der Waals surface area (Å²) in [5, 5.41) is 4.43. The molecule has 43 heavy (non-hydrogen) atoms. The van der Waals surface area contributed by atoms with Gasteiger partial charge in [-0.3, -0.25) is 14.4 Å². The number of benzene rings is 1. The number of pyridine rings is 1. The van der Waals surface area contributed by atoms with Gasteiger partial charge in [0, 0.05) is 59.5 Å². The average Bonchev–Trinajstić information content (AvgIpc) is 3.44. The lowest BCUT2D eigenvalue weighted by Gasteiger charge is -2.41. The number of Topliss-reactive ketones (excluding diaryl/α,β-unsaturated/α-hetero) is 1. The number of alkyl halides is 1. The van der Waals surface area contributed by atoms with E-state index in [9.17, 15) is 9.18 Å². The zero-order chi connectivity index (χ0) is 30.7. The van der Waals surface area contributed by atoms with E-state index in [0.29, 0.717) is 73.0 Å². The predicted molar refractivity (Wildman–Crippen MR) is 161 cm³/mol. The van der Waals surface area contributed by atoms with Crippen LogP contribution in [0.15, 0.2) is 49.2 Å². The molecule has 13 heteroatoms. The molecule has 0 amide bonds. The fourth-order valence-corrected chi connectivity index (χ4v) is 5.07. The van der Waals surface area contributed by atoms with Gasteiger partial charge in [-0.2, -0.15) is 5.10 Å². The Morgan fingerprint density at radius 1 is 1.05 bits per heavy atom. The molecule has 0 saturated carbocycles. The quantitative estimate of drug-likeness (QED) is 0.221. The first-order valence-corrected chi connectivity index (χ1v) is 14.0. The molecule has 1 aliphatic rings. The number of hydrogen-bond acceptors (Lipinski definition) is 11. The van der Waals surface area contributed by atoms with Crippen LogP contribution in [0.5, 0.6) is 11.6 Å². The van der Waals surface area contributed by atoms with Crippen LogP contribution in [0.2, 0.25) is 0 Å². The summed E-state index contributed by atoms with van der Waals surface area (Å²) < 4.78 is 26.8. The van der Waals surface area contributed by atoms with Crippen molar-refractivity contribution in [2.75, 3.05) is 57.2 Å². The predicted octanol–water partition coefficient (Wildman–Crippen LogP) is 4.23. The molecule has 12 nitrogen and oxygen atoms in total. The number of anilines is 4. The molecule has 4 heterocycles. The number of ketones is 1. The van der Waals surface area contributed by atoms with Crippen LogP contribution in [0.4, 0.5) is 27.4 Å². The fraction of sp³-hybridized carbons (Fsp3) is 0.400. The summed E-state index contributed by atoms with van der Waals surface area (Å²) in [6.45, 7) is 5.27. The number of carbonyl (C=O) groups excluding carboxylic acids is 1. The molecule has 0 radical (unpaired) electrons. The zero-order valence-corrected chi connectivity index (χ0v) is 25.3. The lowest BCUT2D eigenvalue weighted by atomic mass is 9.99. The van der Waals surface area contributed by atoms with Gasteiger partial charge in [-0.1, -0.05) is 13.0 Å². The number of halogens is 1. The topological polar surface area (TPSA) is 115 Å². The number of aryl methyl sites for hydroxylation is 1. The molecule has 1 saturated heterocycles. The molecule has 1 aliphatic heterocycles. The highest BCUT2D eigenvalue weighted by Crippen LogP contribution is 2.41. The van der Waals surface area contributed by atoms with Crippen molar-refractivity contribution in [3.63, 3.8) is 0 Å². The monoisotopic (exact) mass is 589 g/mol. The standard InChI is InChI=1S/C30H36FN9O3/c1-7-24(41)21-14-32-25(39(5)26-15-34-27(16-33-26)43-12-11-40-17-30(2,31)18-40)13-23(21)38(4)22-10-8-9-20(28(22)42-6)29-35-19-37(3)36-29/h8-10,13-16,19H,7,11-12,17-18H2,1-6H3. The van der Waals surface area contributed by atoms with Gasteiger partial charge < -0.3 is 19.3 Å². The van der Waals surface area contributed by atoms with Gasteiger partial charge in [-0.15, -0.1) is 0 Å².